The molecule has 0 radical (unpaired) electrons. The molecule has 3 rings (SSSR count). The van der Waals surface area contributed by atoms with Crippen LogP contribution in [0.4, 0.5) is 0 Å². The van der Waals surface area contributed by atoms with Crippen molar-refractivity contribution in [3.8, 4) is 0 Å². The molecule has 0 unspecified atom stereocenters. The molecule has 0 saturated heterocycles. The molecule has 26 heavy (non-hydrogen) atoms. The average molecular weight is 397 g/mol. The first kappa shape index (κ1) is 18.9. The maximum absolute atomic E-state index is 12.7. The Morgan fingerprint density at radius 3 is 2.62 bits per heavy atom. The van der Waals surface area contributed by atoms with Gasteiger partial charge in [-0.2, -0.15) is 0 Å². The SMILES string of the molecule is CCOC1CC(NC(=O)c2cc(S(=O)(=O)Cl)cn2Cc2ccccc2)C1. The predicted molar refractivity (Wildman–Crippen MR) is 98.9 cm³/mol. The first-order chi connectivity index (χ1) is 12.4. The number of hydrogen-bond acceptors (Lipinski definition) is 4. The number of nitrogens with one attached hydrogen (secondary N) is 1. The Bertz CT molecular complexity index is 874. The van der Waals surface area contributed by atoms with Crippen LogP contribution < -0.4 is 5.32 Å². The molecule has 0 bridgehead atoms. The van der Waals surface area contributed by atoms with Gasteiger partial charge in [0.15, 0.2) is 0 Å². The number of carbonyl (C=O) groups is 1. The van der Waals surface area contributed by atoms with Gasteiger partial charge >= 0.3 is 0 Å². The number of aromatic nitrogens is 1. The zero-order chi connectivity index (χ0) is 18.7. The van der Waals surface area contributed by atoms with Gasteiger partial charge in [0.25, 0.3) is 15.0 Å². The topological polar surface area (TPSA) is 77.4 Å². The summed E-state index contributed by atoms with van der Waals surface area (Å²) in [5, 5.41) is 2.93. The lowest BCUT2D eigenvalue weighted by Crippen LogP contribution is -2.48. The molecule has 1 aromatic carbocycles. The molecule has 1 heterocycles. The summed E-state index contributed by atoms with van der Waals surface area (Å²) in [6, 6.07) is 10.9. The molecule has 1 amide bonds. The highest BCUT2D eigenvalue weighted by atomic mass is 35.7. The highest BCUT2D eigenvalue weighted by molar-refractivity contribution is 8.13. The fourth-order valence-electron chi connectivity index (χ4n) is 3.03. The van der Waals surface area contributed by atoms with Crippen LogP contribution in [0.5, 0.6) is 0 Å². The minimum absolute atomic E-state index is 0.0372. The van der Waals surface area contributed by atoms with Crippen LogP contribution in [0.1, 0.15) is 35.8 Å². The Kier molecular flexibility index (Phi) is 5.70. The largest absolute Gasteiger partial charge is 0.378 e. The summed E-state index contributed by atoms with van der Waals surface area (Å²) in [6.07, 6.45) is 3.10. The zero-order valence-corrected chi connectivity index (χ0v) is 16.0. The van der Waals surface area contributed by atoms with Crippen molar-refractivity contribution in [1.29, 1.82) is 0 Å². The number of nitrogens with zero attached hydrogens (tertiary/aromatic N) is 1. The highest BCUT2D eigenvalue weighted by Gasteiger charge is 2.32. The summed E-state index contributed by atoms with van der Waals surface area (Å²) < 4.78 is 30.5. The lowest BCUT2D eigenvalue weighted by atomic mass is 9.89. The summed E-state index contributed by atoms with van der Waals surface area (Å²) in [5.74, 6) is -0.313. The number of halogens is 1. The van der Waals surface area contributed by atoms with Gasteiger partial charge in [-0.1, -0.05) is 30.3 Å². The van der Waals surface area contributed by atoms with Gasteiger partial charge in [0.2, 0.25) is 0 Å². The van der Waals surface area contributed by atoms with E-state index in [4.69, 9.17) is 15.4 Å². The monoisotopic (exact) mass is 396 g/mol. The number of ether oxygens (including phenoxy) is 1. The highest BCUT2D eigenvalue weighted by Crippen LogP contribution is 2.25. The molecular formula is C18H21ClN2O4S. The van der Waals surface area contributed by atoms with Crippen molar-refractivity contribution < 1.29 is 17.9 Å². The maximum Gasteiger partial charge on any atom is 0.268 e. The van der Waals surface area contributed by atoms with Gasteiger partial charge in [-0.3, -0.25) is 4.79 Å². The second-order valence-electron chi connectivity index (χ2n) is 6.33. The molecule has 140 valence electrons. The summed E-state index contributed by atoms with van der Waals surface area (Å²) >= 11 is 0. The van der Waals surface area contributed by atoms with Gasteiger partial charge < -0.3 is 14.6 Å². The van der Waals surface area contributed by atoms with Crippen molar-refractivity contribution in [2.24, 2.45) is 0 Å². The minimum Gasteiger partial charge on any atom is -0.378 e. The summed E-state index contributed by atoms with van der Waals surface area (Å²) in [5.41, 5.74) is 1.23. The minimum atomic E-state index is -3.92. The van der Waals surface area contributed by atoms with E-state index in [0.717, 1.165) is 18.4 Å². The van der Waals surface area contributed by atoms with Crippen molar-refractivity contribution in [2.75, 3.05) is 6.61 Å². The van der Waals surface area contributed by atoms with E-state index in [1.807, 2.05) is 37.3 Å². The van der Waals surface area contributed by atoms with Crippen LogP contribution in [-0.2, 0) is 20.3 Å². The van der Waals surface area contributed by atoms with E-state index in [2.05, 4.69) is 5.32 Å². The van der Waals surface area contributed by atoms with E-state index < -0.39 is 9.05 Å². The number of carbonyl (C=O) groups excluding carboxylic acids is 1. The third kappa shape index (κ3) is 4.47. The normalized spacial score (nSPS) is 19.8. The quantitative estimate of drug-likeness (QED) is 0.730. The second-order valence-corrected chi connectivity index (χ2v) is 8.90. The number of benzene rings is 1. The van der Waals surface area contributed by atoms with Gasteiger partial charge in [0.05, 0.1) is 6.10 Å². The number of rotatable bonds is 7. The van der Waals surface area contributed by atoms with E-state index in [9.17, 15) is 13.2 Å². The second kappa shape index (κ2) is 7.82. The Balaban J connectivity index is 1.78. The van der Waals surface area contributed by atoms with Crippen LogP contribution in [0, 0.1) is 0 Å². The molecule has 0 atom stereocenters. The molecule has 1 N–H and O–H groups in total. The third-order valence-electron chi connectivity index (χ3n) is 4.41. The van der Waals surface area contributed by atoms with Crippen molar-refractivity contribution in [1.82, 2.24) is 9.88 Å². The fourth-order valence-corrected chi connectivity index (χ4v) is 3.79. The Morgan fingerprint density at radius 1 is 1.31 bits per heavy atom. The molecule has 0 aliphatic heterocycles. The Hall–Kier alpha value is -1.83. The Morgan fingerprint density at radius 2 is 2.00 bits per heavy atom. The predicted octanol–water partition coefficient (Wildman–Crippen LogP) is 2.76. The summed E-state index contributed by atoms with van der Waals surface area (Å²) in [7, 11) is 1.55. The average Bonchev–Trinajstić information content (AvgIpc) is 2.98. The van der Waals surface area contributed by atoms with Gasteiger partial charge in [-0.25, -0.2) is 8.42 Å². The lowest BCUT2D eigenvalue weighted by Gasteiger charge is -2.35. The van der Waals surface area contributed by atoms with Crippen molar-refractivity contribution in [3.63, 3.8) is 0 Å². The molecule has 1 aromatic heterocycles. The van der Waals surface area contributed by atoms with Gasteiger partial charge in [-0.05, 0) is 31.4 Å². The van der Waals surface area contributed by atoms with E-state index >= 15 is 0 Å². The van der Waals surface area contributed by atoms with E-state index in [1.54, 1.807) is 4.57 Å². The van der Waals surface area contributed by atoms with E-state index in [0.29, 0.717) is 13.2 Å². The van der Waals surface area contributed by atoms with Crippen LogP contribution in [-0.4, -0.2) is 37.6 Å². The van der Waals surface area contributed by atoms with Crippen molar-refractivity contribution in [3.05, 3.63) is 53.9 Å². The van der Waals surface area contributed by atoms with Crippen LogP contribution in [0.15, 0.2) is 47.5 Å². The van der Waals surface area contributed by atoms with E-state index in [-0.39, 0.29) is 28.6 Å². The van der Waals surface area contributed by atoms with Crippen molar-refractivity contribution >= 4 is 25.6 Å². The first-order valence-corrected chi connectivity index (χ1v) is 10.8. The summed E-state index contributed by atoms with van der Waals surface area (Å²) in [6.45, 7) is 2.97. The molecule has 1 aliphatic rings. The summed E-state index contributed by atoms with van der Waals surface area (Å²) in [4.78, 5) is 12.6. The lowest BCUT2D eigenvalue weighted by molar-refractivity contribution is -0.00869. The van der Waals surface area contributed by atoms with Crippen molar-refractivity contribution in [2.45, 2.75) is 43.4 Å². The maximum atomic E-state index is 12.7. The van der Waals surface area contributed by atoms with Gasteiger partial charge in [0, 0.05) is 36.1 Å². The smallest absolute Gasteiger partial charge is 0.268 e. The molecule has 8 heteroatoms. The van der Waals surface area contributed by atoms with Crippen LogP contribution in [0.25, 0.3) is 0 Å². The molecular weight excluding hydrogens is 376 g/mol. The molecule has 6 nitrogen and oxygen atoms in total. The molecule has 2 aromatic rings. The zero-order valence-electron chi connectivity index (χ0n) is 14.4. The molecule has 1 aliphatic carbocycles. The number of amides is 1. The van der Waals surface area contributed by atoms with Crippen LogP contribution in [0.3, 0.4) is 0 Å². The fraction of sp³-hybridized carbons (Fsp3) is 0.389. The molecule has 1 saturated carbocycles. The molecule has 1 fully saturated rings. The van der Waals surface area contributed by atoms with Crippen LogP contribution >= 0.6 is 10.7 Å². The van der Waals surface area contributed by atoms with E-state index in [1.165, 1.54) is 12.3 Å². The van der Waals surface area contributed by atoms with Crippen LogP contribution in [0.2, 0.25) is 0 Å². The molecule has 0 spiro atoms. The Labute approximate surface area is 157 Å². The third-order valence-corrected chi connectivity index (χ3v) is 5.73. The van der Waals surface area contributed by atoms with Gasteiger partial charge in [-0.15, -0.1) is 0 Å². The first-order valence-electron chi connectivity index (χ1n) is 8.48. The van der Waals surface area contributed by atoms with Gasteiger partial charge in [0.1, 0.15) is 10.6 Å². The number of hydrogen-bond donors (Lipinski definition) is 1. The standard InChI is InChI=1S/C18H21ClN2O4S/c1-2-25-15-8-14(9-15)20-18(22)17-10-16(26(19,23)24)12-21(17)11-13-6-4-3-5-7-13/h3-7,10,12,14-15H,2,8-9,11H2,1H3,(H,20,22).